The van der Waals surface area contributed by atoms with Crippen LogP contribution in [0, 0.1) is 0 Å². The Morgan fingerprint density at radius 1 is 1.25 bits per heavy atom. The molecule has 0 unspecified atom stereocenters. The summed E-state index contributed by atoms with van der Waals surface area (Å²) in [5.41, 5.74) is 12.0. The van der Waals surface area contributed by atoms with Crippen molar-refractivity contribution in [1.82, 2.24) is 9.97 Å². The van der Waals surface area contributed by atoms with Crippen molar-refractivity contribution in [3.63, 3.8) is 0 Å². The Labute approximate surface area is 121 Å². The molecule has 5 N–H and O–H groups in total. The van der Waals surface area contributed by atoms with Gasteiger partial charge in [-0.25, -0.2) is 9.97 Å². The van der Waals surface area contributed by atoms with Crippen molar-refractivity contribution in [1.29, 1.82) is 0 Å². The van der Waals surface area contributed by atoms with Gasteiger partial charge in [-0.3, -0.25) is 0 Å². The first kappa shape index (κ1) is 14.4. The predicted octanol–water partition coefficient (Wildman–Crippen LogP) is 1.85. The zero-order valence-electron chi connectivity index (χ0n) is 11.2. The van der Waals surface area contributed by atoms with E-state index >= 15 is 0 Å². The predicted molar refractivity (Wildman–Crippen MR) is 78.6 cm³/mol. The van der Waals surface area contributed by atoms with E-state index in [4.69, 9.17) is 16.2 Å². The smallest absolute Gasteiger partial charge is 0.196 e. The lowest BCUT2D eigenvalue weighted by molar-refractivity contribution is 0.191. The second-order valence-electron chi connectivity index (χ2n) is 4.15. The molecule has 0 amide bonds. The monoisotopic (exact) mass is 292 g/mol. The van der Waals surface area contributed by atoms with Crippen LogP contribution >= 0.6 is 11.8 Å². The summed E-state index contributed by atoms with van der Waals surface area (Å²) in [6, 6.07) is 6.98. The summed E-state index contributed by atoms with van der Waals surface area (Å²) in [6.45, 7) is 1.68. The molecule has 106 valence electrons. The first-order chi connectivity index (χ1) is 9.51. The number of ether oxygens (including phenoxy) is 1. The van der Waals surface area contributed by atoms with Gasteiger partial charge in [0.1, 0.15) is 17.4 Å². The minimum atomic E-state index is -0.674. The van der Waals surface area contributed by atoms with Crippen LogP contribution in [0.5, 0.6) is 5.75 Å². The second-order valence-corrected chi connectivity index (χ2v) is 5.16. The van der Waals surface area contributed by atoms with Gasteiger partial charge < -0.3 is 21.3 Å². The summed E-state index contributed by atoms with van der Waals surface area (Å²) in [5.74, 6) is 1.23. The SMILES string of the molecule is COc1cccc(Sc2nc(N)cc(N)n2)c1[C@@H](C)O. The van der Waals surface area contributed by atoms with Crippen LogP contribution in [-0.4, -0.2) is 22.2 Å². The third-order valence-electron chi connectivity index (χ3n) is 2.61. The zero-order chi connectivity index (χ0) is 14.7. The zero-order valence-corrected chi connectivity index (χ0v) is 12.0. The van der Waals surface area contributed by atoms with Gasteiger partial charge in [-0.15, -0.1) is 0 Å². The van der Waals surface area contributed by atoms with Gasteiger partial charge in [-0.1, -0.05) is 6.07 Å². The number of benzene rings is 1. The summed E-state index contributed by atoms with van der Waals surface area (Å²) in [5, 5.41) is 10.3. The molecule has 7 heteroatoms. The van der Waals surface area contributed by atoms with Gasteiger partial charge in [0.15, 0.2) is 5.16 Å². The number of hydrogen-bond acceptors (Lipinski definition) is 7. The van der Waals surface area contributed by atoms with Gasteiger partial charge in [0, 0.05) is 16.5 Å². The average Bonchev–Trinajstić information content (AvgIpc) is 2.36. The number of aliphatic hydroxyl groups is 1. The number of nitrogens with two attached hydrogens (primary N) is 2. The summed E-state index contributed by atoms with van der Waals surface area (Å²) < 4.78 is 5.27. The highest BCUT2D eigenvalue weighted by Gasteiger charge is 2.16. The summed E-state index contributed by atoms with van der Waals surface area (Å²) >= 11 is 1.28. The van der Waals surface area contributed by atoms with E-state index in [1.807, 2.05) is 12.1 Å². The molecule has 0 saturated carbocycles. The molecule has 20 heavy (non-hydrogen) atoms. The fourth-order valence-corrected chi connectivity index (χ4v) is 2.84. The van der Waals surface area contributed by atoms with E-state index in [-0.39, 0.29) is 0 Å². The fourth-order valence-electron chi connectivity index (χ4n) is 1.81. The number of hydrogen-bond donors (Lipinski definition) is 3. The van der Waals surface area contributed by atoms with Crippen molar-refractivity contribution >= 4 is 23.4 Å². The van der Waals surface area contributed by atoms with Gasteiger partial charge in [0.2, 0.25) is 0 Å². The van der Waals surface area contributed by atoms with Crippen molar-refractivity contribution in [2.24, 2.45) is 0 Å². The number of aromatic nitrogens is 2. The Balaban J connectivity index is 2.42. The number of nitrogen functional groups attached to an aromatic ring is 2. The van der Waals surface area contributed by atoms with Crippen LogP contribution in [0.2, 0.25) is 0 Å². The third-order valence-corrected chi connectivity index (χ3v) is 3.55. The first-order valence-corrected chi connectivity index (χ1v) is 6.75. The van der Waals surface area contributed by atoms with E-state index in [0.717, 1.165) is 4.90 Å². The molecule has 0 aliphatic carbocycles. The molecular formula is C13H16N4O2S. The maximum Gasteiger partial charge on any atom is 0.196 e. The topological polar surface area (TPSA) is 107 Å². The van der Waals surface area contributed by atoms with Gasteiger partial charge >= 0.3 is 0 Å². The molecule has 0 saturated heterocycles. The molecule has 1 heterocycles. The van der Waals surface area contributed by atoms with Crippen LogP contribution in [0.1, 0.15) is 18.6 Å². The molecular weight excluding hydrogens is 276 g/mol. The molecule has 0 aliphatic heterocycles. The van der Waals surface area contributed by atoms with Crippen LogP contribution in [0.25, 0.3) is 0 Å². The lowest BCUT2D eigenvalue weighted by Gasteiger charge is -2.15. The Hall–Kier alpha value is -1.99. The molecule has 1 aromatic carbocycles. The van der Waals surface area contributed by atoms with E-state index in [1.165, 1.54) is 17.8 Å². The van der Waals surface area contributed by atoms with Gasteiger partial charge in [0.25, 0.3) is 0 Å². The van der Waals surface area contributed by atoms with E-state index < -0.39 is 6.10 Å². The molecule has 0 bridgehead atoms. The number of anilines is 2. The average molecular weight is 292 g/mol. The Morgan fingerprint density at radius 3 is 2.45 bits per heavy atom. The summed E-state index contributed by atoms with van der Waals surface area (Å²) in [4.78, 5) is 9.02. The molecule has 0 aliphatic rings. The van der Waals surface area contributed by atoms with Crippen molar-refractivity contribution in [2.45, 2.75) is 23.1 Å². The molecule has 0 spiro atoms. The summed E-state index contributed by atoms with van der Waals surface area (Å²) in [6.07, 6.45) is -0.674. The van der Waals surface area contributed by atoms with Crippen LogP contribution in [0.3, 0.4) is 0 Å². The van der Waals surface area contributed by atoms with Gasteiger partial charge in [0.05, 0.1) is 13.2 Å². The van der Waals surface area contributed by atoms with Crippen molar-refractivity contribution in [3.05, 3.63) is 29.8 Å². The molecule has 1 atom stereocenters. The number of rotatable bonds is 4. The van der Waals surface area contributed by atoms with Crippen LogP contribution in [-0.2, 0) is 0 Å². The van der Waals surface area contributed by atoms with Gasteiger partial charge in [-0.2, -0.15) is 0 Å². The van der Waals surface area contributed by atoms with Crippen LogP contribution in [0.15, 0.2) is 34.3 Å². The Morgan fingerprint density at radius 2 is 1.90 bits per heavy atom. The van der Waals surface area contributed by atoms with E-state index in [2.05, 4.69) is 9.97 Å². The highest BCUT2D eigenvalue weighted by Crippen LogP contribution is 2.37. The third kappa shape index (κ3) is 3.12. The Bertz CT molecular complexity index is 599. The van der Waals surface area contributed by atoms with E-state index in [0.29, 0.717) is 28.1 Å². The molecule has 0 fully saturated rings. The molecule has 2 aromatic rings. The summed E-state index contributed by atoms with van der Waals surface area (Å²) in [7, 11) is 1.56. The standard InChI is InChI=1S/C13H16N4O2S/c1-7(18)12-8(19-2)4-3-5-9(12)20-13-16-10(14)6-11(15)17-13/h3-7,18H,1-2H3,(H4,14,15,16,17)/t7-/m1/s1. The highest BCUT2D eigenvalue weighted by molar-refractivity contribution is 7.99. The minimum absolute atomic E-state index is 0.307. The molecule has 2 rings (SSSR count). The number of methoxy groups -OCH3 is 1. The lowest BCUT2D eigenvalue weighted by atomic mass is 10.1. The quantitative estimate of drug-likeness (QED) is 0.738. The Kier molecular flexibility index (Phi) is 4.31. The van der Waals surface area contributed by atoms with Crippen molar-refractivity contribution in [3.8, 4) is 5.75 Å². The van der Waals surface area contributed by atoms with E-state index in [1.54, 1.807) is 20.1 Å². The number of aliphatic hydroxyl groups excluding tert-OH is 1. The van der Waals surface area contributed by atoms with Crippen molar-refractivity contribution in [2.75, 3.05) is 18.6 Å². The fraction of sp³-hybridized carbons (Fsp3) is 0.231. The van der Waals surface area contributed by atoms with Crippen molar-refractivity contribution < 1.29 is 9.84 Å². The normalized spacial score (nSPS) is 12.2. The highest BCUT2D eigenvalue weighted by atomic mass is 32.2. The maximum atomic E-state index is 9.92. The van der Waals surface area contributed by atoms with Crippen LogP contribution < -0.4 is 16.2 Å². The number of nitrogens with zero attached hydrogens (tertiary/aromatic N) is 2. The first-order valence-electron chi connectivity index (χ1n) is 5.94. The second kappa shape index (κ2) is 5.98. The molecule has 1 aromatic heterocycles. The molecule has 0 radical (unpaired) electrons. The minimum Gasteiger partial charge on any atom is -0.496 e. The van der Waals surface area contributed by atoms with E-state index in [9.17, 15) is 5.11 Å². The maximum absolute atomic E-state index is 9.92. The van der Waals surface area contributed by atoms with Crippen LogP contribution in [0.4, 0.5) is 11.6 Å². The molecule has 6 nitrogen and oxygen atoms in total. The lowest BCUT2D eigenvalue weighted by Crippen LogP contribution is -2.01. The largest absolute Gasteiger partial charge is 0.496 e. The van der Waals surface area contributed by atoms with Gasteiger partial charge in [-0.05, 0) is 30.8 Å².